The SMILES string of the molecule is COCCOc1ccc(-c2ccc(/N=C\N(C)C)c(C#N)c2)cc1F. The van der Waals surface area contributed by atoms with Gasteiger partial charge in [-0.25, -0.2) is 9.38 Å². The summed E-state index contributed by atoms with van der Waals surface area (Å²) in [6.45, 7) is 0.672. The Bertz CT molecular complexity index is 798. The fourth-order valence-corrected chi connectivity index (χ4v) is 2.13. The number of nitriles is 1. The number of nitrogens with zero attached hydrogens (tertiary/aromatic N) is 3. The second-order valence-electron chi connectivity index (χ2n) is 5.54. The van der Waals surface area contributed by atoms with E-state index >= 15 is 0 Å². The highest BCUT2D eigenvalue weighted by Crippen LogP contribution is 2.29. The monoisotopic (exact) mass is 341 g/mol. The summed E-state index contributed by atoms with van der Waals surface area (Å²) in [6.07, 6.45) is 1.63. The normalized spacial score (nSPS) is 10.7. The lowest BCUT2D eigenvalue weighted by atomic mass is 10.0. The first kappa shape index (κ1) is 18.4. The second-order valence-corrected chi connectivity index (χ2v) is 5.54. The van der Waals surface area contributed by atoms with Crippen LogP contribution in [0.15, 0.2) is 41.4 Å². The maximum atomic E-state index is 14.2. The first-order chi connectivity index (χ1) is 12.0. The van der Waals surface area contributed by atoms with Crippen LogP contribution in [0.25, 0.3) is 11.1 Å². The molecule has 0 amide bonds. The van der Waals surface area contributed by atoms with E-state index < -0.39 is 5.82 Å². The van der Waals surface area contributed by atoms with Gasteiger partial charge in [0.1, 0.15) is 12.7 Å². The number of aliphatic imine (C=N–C) groups is 1. The van der Waals surface area contributed by atoms with Crippen molar-refractivity contribution in [3.63, 3.8) is 0 Å². The molecule has 0 atom stereocenters. The highest BCUT2D eigenvalue weighted by atomic mass is 19.1. The molecule has 0 saturated carbocycles. The van der Waals surface area contributed by atoms with Crippen molar-refractivity contribution in [1.29, 1.82) is 5.26 Å². The van der Waals surface area contributed by atoms with Gasteiger partial charge in [-0.2, -0.15) is 5.26 Å². The van der Waals surface area contributed by atoms with Crippen molar-refractivity contribution in [2.75, 3.05) is 34.4 Å². The third kappa shape index (κ3) is 5.03. The van der Waals surface area contributed by atoms with E-state index in [-0.39, 0.29) is 12.4 Å². The van der Waals surface area contributed by atoms with Gasteiger partial charge in [0.15, 0.2) is 11.6 Å². The van der Waals surface area contributed by atoms with E-state index in [2.05, 4.69) is 11.1 Å². The van der Waals surface area contributed by atoms with E-state index in [9.17, 15) is 9.65 Å². The zero-order chi connectivity index (χ0) is 18.2. The van der Waals surface area contributed by atoms with Crippen LogP contribution in [-0.2, 0) is 4.74 Å². The van der Waals surface area contributed by atoms with Gasteiger partial charge in [-0.15, -0.1) is 0 Å². The molecule has 0 N–H and O–H groups in total. The molecule has 25 heavy (non-hydrogen) atoms. The summed E-state index contributed by atoms with van der Waals surface area (Å²) in [5.41, 5.74) is 2.40. The zero-order valence-electron chi connectivity index (χ0n) is 14.5. The molecule has 2 aromatic carbocycles. The smallest absolute Gasteiger partial charge is 0.165 e. The Hall–Kier alpha value is -2.91. The summed E-state index contributed by atoms with van der Waals surface area (Å²) in [5, 5.41) is 9.33. The van der Waals surface area contributed by atoms with Crippen molar-refractivity contribution in [2.24, 2.45) is 4.99 Å². The molecule has 0 aromatic heterocycles. The zero-order valence-corrected chi connectivity index (χ0v) is 14.5. The Morgan fingerprint density at radius 1 is 1.16 bits per heavy atom. The van der Waals surface area contributed by atoms with Gasteiger partial charge in [0, 0.05) is 21.2 Å². The van der Waals surface area contributed by atoms with Gasteiger partial charge in [0.25, 0.3) is 0 Å². The molecule has 0 bridgehead atoms. The lowest BCUT2D eigenvalue weighted by Gasteiger charge is -2.09. The van der Waals surface area contributed by atoms with Crippen LogP contribution in [-0.4, -0.2) is 45.7 Å². The maximum absolute atomic E-state index is 14.2. The lowest BCUT2D eigenvalue weighted by molar-refractivity contribution is 0.144. The quantitative estimate of drug-likeness (QED) is 0.438. The van der Waals surface area contributed by atoms with Crippen LogP contribution in [0.5, 0.6) is 5.75 Å². The molecule has 0 aliphatic carbocycles. The predicted octanol–water partition coefficient (Wildman–Crippen LogP) is 3.61. The lowest BCUT2D eigenvalue weighted by Crippen LogP contribution is -2.07. The van der Waals surface area contributed by atoms with Crippen LogP contribution in [0.3, 0.4) is 0 Å². The highest BCUT2D eigenvalue weighted by molar-refractivity contribution is 5.72. The molecule has 0 unspecified atom stereocenters. The number of hydrogen-bond donors (Lipinski definition) is 0. The summed E-state index contributed by atoms with van der Waals surface area (Å²) in [6, 6.07) is 12.1. The minimum absolute atomic E-state index is 0.175. The van der Waals surface area contributed by atoms with Crippen molar-refractivity contribution < 1.29 is 13.9 Å². The van der Waals surface area contributed by atoms with E-state index in [1.165, 1.54) is 6.07 Å². The minimum Gasteiger partial charge on any atom is -0.488 e. The van der Waals surface area contributed by atoms with E-state index in [1.54, 1.807) is 42.6 Å². The molecular formula is C19H20FN3O2. The molecule has 0 aliphatic heterocycles. The summed E-state index contributed by atoms with van der Waals surface area (Å²) in [4.78, 5) is 6.04. The van der Waals surface area contributed by atoms with Gasteiger partial charge in [-0.05, 0) is 35.4 Å². The van der Waals surface area contributed by atoms with Gasteiger partial charge in [0.2, 0.25) is 0 Å². The van der Waals surface area contributed by atoms with Crippen LogP contribution in [0, 0.1) is 17.1 Å². The van der Waals surface area contributed by atoms with E-state index in [4.69, 9.17) is 9.47 Å². The van der Waals surface area contributed by atoms with Crippen LogP contribution in [0.4, 0.5) is 10.1 Å². The molecule has 2 aromatic rings. The molecule has 0 aliphatic rings. The average Bonchev–Trinajstić information content (AvgIpc) is 2.61. The number of benzene rings is 2. The largest absolute Gasteiger partial charge is 0.488 e. The highest BCUT2D eigenvalue weighted by Gasteiger charge is 2.09. The van der Waals surface area contributed by atoms with E-state index in [1.807, 2.05) is 20.2 Å². The number of hydrogen-bond acceptors (Lipinski definition) is 4. The Morgan fingerprint density at radius 2 is 1.88 bits per heavy atom. The summed E-state index contributed by atoms with van der Waals surface area (Å²) in [5.74, 6) is -0.282. The van der Waals surface area contributed by atoms with Crippen LogP contribution >= 0.6 is 0 Å². The van der Waals surface area contributed by atoms with Crippen molar-refractivity contribution in [2.45, 2.75) is 0 Å². The molecule has 0 heterocycles. The Labute approximate surface area is 146 Å². The third-order valence-electron chi connectivity index (χ3n) is 3.36. The molecule has 0 fully saturated rings. The van der Waals surface area contributed by atoms with Crippen LogP contribution < -0.4 is 4.74 Å². The standard InChI is InChI=1S/C19H20FN3O2/c1-23(2)13-22-18-6-4-14(10-16(18)12-21)15-5-7-19(17(20)11-15)25-9-8-24-3/h4-7,10-11,13H,8-9H2,1-3H3/b22-13-. The van der Waals surface area contributed by atoms with Gasteiger partial charge in [0.05, 0.1) is 24.2 Å². The van der Waals surface area contributed by atoms with Crippen molar-refractivity contribution in [1.82, 2.24) is 4.90 Å². The Balaban J connectivity index is 2.27. The fraction of sp³-hybridized carbons (Fsp3) is 0.263. The van der Waals surface area contributed by atoms with Crippen LogP contribution in [0.1, 0.15) is 5.56 Å². The molecule has 0 spiro atoms. The van der Waals surface area contributed by atoms with Crippen molar-refractivity contribution in [3.8, 4) is 22.9 Å². The molecule has 0 saturated heterocycles. The topological polar surface area (TPSA) is 57.9 Å². The first-order valence-corrected chi connectivity index (χ1v) is 7.71. The average molecular weight is 341 g/mol. The molecule has 6 heteroatoms. The van der Waals surface area contributed by atoms with Gasteiger partial charge in [-0.1, -0.05) is 12.1 Å². The van der Waals surface area contributed by atoms with Crippen molar-refractivity contribution >= 4 is 12.0 Å². The number of ether oxygens (including phenoxy) is 2. The number of halogens is 1. The van der Waals surface area contributed by atoms with Crippen molar-refractivity contribution in [3.05, 3.63) is 47.8 Å². The van der Waals surface area contributed by atoms with E-state index in [0.717, 1.165) is 5.56 Å². The third-order valence-corrected chi connectivity index (χ3v) is 3.36. The van der Waals surface area contributed by atoms with E-state index in [0.29, 0.717) is 23.4 Å². The molecular weight excluding hydrogens is 321 g/mol. The fourth-order valence-electron chi connectivity index (χ4n) is 2.13. The summed E-state index contributed by atoms with van der Waals surface area (Å²) >= 11 is 0. The number of rotatable bonds is 7. The Kier molecular flexibility index (Phi) is 6.49. The van der Waals surface area contributed by atoms with Crippen LogP contribution in [0.2, 0.25) is 0 Å². The second kappa shape index (κ2) is 8.81. The maximum Gasteiger partial charge on any atom is 0.165 e. The van der Waals surface area contributed by atoms with Gasteiger partial charge in [-0.3, -0.25) is 0 Å². The molecule has 5 nitrogen and oxygen atoms in total. The molecule has 0 radical (unpaired) electrons. The molecule has 130 valence electrons. The first-order valence-electron chi connectivity index (χ1n) is 7.71. The summed E-state index contributed by atoms with van der Waals surface area (Å²) < 4.78 is 24.4. The number of methoxy groups -OCH3 is 1. The Morgan fingerprint density at radius 3 is 2.52 bits per heavy atom. The predicted molar refractivity (Wildman–Crippen MR) is 95.8 cm³/mol. The van der Waals surface area contributed by atoms with Gasteiger partial charge >= 0.3 is 0 Å². The molecule has 2 rings (SSSR count). The van der Waals surface area contributed by atoms with Gasteiger partial charge < -0.3 is 14.4 Å². The minimum atomic E-state index is -0.457. The summed E-state index contributed by atoms with van der Waals surface area (Å²) in [7, 11) is 5.26.